The summed E-state index contributed by atoms with van der Waals surface area (Å²) in [5, 5.41) is 0. The van der Waals surface area contributed by atoms with Gasteiger partial charge in [-0.2, -0.15) is 0 Å². The van der Waals surface area contributed by atoms with E-state index in [9.17, 15) is 9.59 Å². The fourth-order valence-corrected chi connectivity index (χ4v) is 1.20. The highest BCUT2D eigenvalue weighted by molar-refractivity contribution is 6.36. The molecule has 0 aromatic rings. The van der Waals surface area contributed by atoms with Crippen LogP contribution in [0.3, 0.4) is 0 Å². The summed E-state index contributed by atoms with van der Waals surface area (Å²) in [4.78, 5) is 21.3. The first-order valence-electron chi connectivity index (χ1n) is 3.95. The van der Waals surface area contributed by atoms with Gasteiger partial charge in [0.15, 0.2) is 0 Å². The number of carbonyl (C=O) groups excluding carboxylic acids is 2. The van der Waals surface area contributed by atoms with Crippen LogP contribution in [0, 0.1) is 11.8 Å². The second-order valence-corrected chi connectivity index (χ2v) is 3.31. The maximum Gasteiger partial charge on any atom is 0.285 e. The Hall–Kier alpha value is -0.860. The number of Topliss-reactive ketones (excluding diaryl/α,β-unsaturated/α-hetero) is 1. The number of nitrogens with two attached hydrogens (primary N) is 1. The average molecular weight is 155 g/mol. The van der Waals surface area contributed by atoms with E-state index in [1.807, 2.05) is 0 Å². The van der Waals surface area contributed by atoms with Gasteiger partial charge in [0.25, 0.3) is 5.91 Å². The molecule has 1 fully saturated rings. The van der Waals surface area contributed by atoms with E-state index in [0.717, 1.165) is 6.42 Å². The van der Waals surface area contributed by atoms with Crippen molar-refractivity contribution in [3.63, 3.8) is 0 Å². The van der Waals surface area contributed by atoms with Gasteiger partial charge in [-0.15, -0.1) is 0 Å². The Balaban J connectivity index is 2.32. The first-order chi connectivity index (χ1) is 5.11. The third kappa shape index (κ3) is 2.33. The molecule has 0 saturated heterocycles. The van der Waals surface area contributed by atoms with Crippen LogP contribution in [-0.2, 0) is 9.59 Å². The van der Waals surface area contributed by atoms with Gasteiger partial charge in [-0.1, -0.05) is 19.8 Å². The van der Waals surface area contributed by atoms with Crippen molar-refractivity contribution in [1.82, 2.24) is 0 Å². The number of hydrogen-bond donors (Lipinski definition) is 1. The predicted molar refractivity (Wildman–Crippen MR) is 40.7 cm³/mol. The van der Waals surface area contributed by atoms with E-state index in [1.54, 1.807) is 6.92 Å². The summed E-state index contributed by atoms with van der Waals surface area (Å²) < 4.78 is 0. The van der Waals surface area contributed by atoms with E-state index < -0.39 is 11.7 Å². The summed E-state index contributed by atoms with van der Waals surface area (Å²) in [5.74, 6) is -0.705. The van der Waals surface area contributed by atoms with E-state index in [0.29, 0.717) is 5.92 Å². The van der Waals surface area contributed by atoms with Gasteiger partial charge in [0, 0.05) is 5.92 Å². The Morgan fingerprint density at radius 1 is 1.55 bits per heavy atom. The van der Waals surface area contributed by atoms with Crippen molar-refractivity contribution < 1.29 is 9.59 Å². The molecular weight excluding hydrogens is 142 g/mol. The molecule has 0 spiro atoms. The van der Waals surface area contributed by atoms with Crippen molar-refractivity contribution in [2.45, 2.75) is 26.2 Å². The third-order valence-electron chi connectivity index (χ3n) is 2.07. The van der Waals surface area contributed by atoms with Gasteiger partial charge in [0.1, 0.15) is 0 Å². The van der Waals surface area contributed by atoms with Crippen LogP contribution in [0.5, 0.6) is 0 Å². The fraction of sp³-hybridized carbons (Fsp3) is 0.750. The van der Waals surface area contributed by atoms with Crippen molar-refractivity contribution in [3.05, 3.63) is 0 Å². The number of carbonyl (C=O) groups is 2. The number of primary amides is 1. The van der Waals surface area contributed by atoms with Gasteiger partial charge in [-0.05, 0) is 12.3 Å². The second kappa shape index (κ2) is 3.03. The maximum absolute atomic E-state index is 10.9. The maximum atomic E-state index is 10.9. The molecule has 3 heteroatoms. The SMILES string of the molecule is CC(CC1CC1)C(=O)C(N)=O. The largest absolute Gasteiger partial charge is 0.363 e. The number of rotatable bonds is 4. The molecule has 0 aromatic carbocycles. The van der Waals surface area contributed by atoms with E-state index in [4.69, 9.17) is 5.73 Å². The smallest absolute Gasteiger partial charge is 0.285 e. The molecule has 0 radical (unpaired) electrons. The Labute approximate surface area is 66.0 Å². The van der Waals surface area contributed by atoms with Gasteiger partial charge < -0.3 is 5.73 Å². The Kier molecular flexibility index (Phi) is 2.27. The molecule has 1 atom stereocenters. The van der Waals surface area contributed by atoms with Crippen LogP contribution in [0.15, 0.2) is 0 Å². The Morgan fingerprint density at radius 2 is 2.09 bits per heavy atom. The normalized spacial score (nSPS) is 19.4. The van der Waals surface area contributed by atoms with Crippen LogP contribution < -0.4 is 5.73 Å². The topological polar surface area (TPSA) is 60.2 Å². The molecule has 1 rings (SSSR count). The first-order valence-corrected chi connectivity index (χ1v) is 3.95. The molecular formula is C8H13NO2. The zero-order chi connectivity index (χ0) is 8.43. The minimum Gasteiger partial charge on any atom is -0.363 e. The molecule has 62 valence electrons. The lowest BCUT2D eigenvalue weighted by atomic mass is 9.99. The lowest BCUT2D eigenvalue weighted by Gasteiger charge is -2.04. The van der Waals surface area contributed by atoms with Gasteiger partial charge in [-0.25, -0.2) is 0 Å². The number of amides is 1. The molecule has 1 amide bonds. The number of ketones is 1. The van der Waals surface area contributed by atoms with Crippen LogP contribution in [0.4, 0.5) is 0 Å². The van der Waals surface area contributed by atoms with Crippen LogP contribution >= 0.6 is 0 Å². The zero-order valence-corrected chi connectivity index (χ0v) is 6.67. The molecule has 1 aliphatic rings. The summed E-state index contributed by atoms with van der Waals surface area (Å²) in [5.41, 5.74) is 4.84. The Bertz CT molecular complexity index is 185. The quantitative estimate of drug-likeness (QED) is 0.600. The summed E-state index contributed by atoms with van der Waals surface area (Å²) in [6.45, 7) is 1.77. The molecule has 1 unspecified atom stereocenters. The van der Waals surface area contributed by atoms with Crippen LogP contribution in [0.1, 0.15) is 26.2 Å². The molecule has 0 bridgehead atoms. The predicted octanol–water partition coefficient (Wildman–Crippen LogP) is 0.477. The van der Waals surface area contributed by atoms with Gasteiger partial charge in [0.05, 0.1) is 0 Å². The fourth-order valence-electron chi connectivity index (χ4n) is 1.20. The Morgan fingerprint density at radius 3 is 2.45 bits per heavy atom. The average Bonchev–Trinajstić information content (AvgIpc) is 2.69. The summed E-state index contributed by atoms with van der Waals surface area (Å²) >= 11 is 0. The first kappa shape index (κ1) is 8.24. The van der Waals surface area contributed by atoms with Gasteiger partial charge >= 0.3 is 0 Å². The summed E-state index contributed by atoms with van der Waals surface area (Å²) in [6, 6.07) is 0. The van der Waals surface area contributed by atoms with Crippen LogP contribution in [-0.4, -0.2) is 11.7 Å². The van der Waals surface area contributed by atoms with Crippen molar-refractivity contribution in [3.8, 4) is 0 Å². The van der Waals surface area contributed by atoms with Crippen molar-refractivity contribution >= 4 is 11.7 Å². The minimum absolute atomic E-state index is 0.167. The van der Waals surface area contributed by atoms with Crippen LogP contribution in [0.2, 0.25) is 0 Å². The van der Waals surface area contributed by atoms with E-state index in [-0.39, 0.29) is 5.92 Å². The highest BCUT2D eigenvalue weighted by atomic mass is 16.2. The molecule has 11 heavy (non-hydrogen) atoms. The molecule has 1 saturated carbocycles. The molecule has 2 N–H and O–H groups in total. The summed E-state index contributed by atoms with van der Waals surface area (Å²) in [7, 11) is 0. The van der Waals surface area contributed by atoms with Gasteiger partial charge in [0.2, 0.25) is 5.78 Å². The van der Waals surface area contributed by atoms with Crippen molar-refractivity contribution in [1.29, 1.82) is 0 Å². The van der Waals surface area contributed by atoms with E-state index in [1.165, 1.54) is 12.8 Å². The molecule has 3 nitrogen and oxygen atoms in total. The second-order valence-electron chi connectivity index (χ2n) is 3.31. The molecule has 0 aliphatic heterocycles. The highest BCUT2D eigenvalue weighted by Crippen LogP contribution is 2.35. The summed E-state index contributed by atoms with van der Waals surface area (Å²) in [6.07, 6.45) is 3.24. The standard InChI is InChI=1S/C8H13NO2/c1-5(4-6-2-3-6)7(10)8(9)11/h5-6H,2-4H2,1H3,(H2,9,11). The lowest BCUT2D eigenvalue weighted by molar-refractivity contribution is -0.138. The van der Waals surface area contributed by atoms with Crippen LogP contribution in [0.25, 0.3) is 0 Å². The zero-order valence-electron chi connectivity index (χ0n) is 6.67. The number of hydrogen-bond acceptors (Lipinski definition) is 2. The van der Waals surface area contributed by atoms with E-state index >= 15 is 0 Å². The molecule has 0 heterocycles. The monoisotopic (exact) mass is 155 g/mol. The third-order valence-corrected chi connectivity index (χ3v) is 2.07. The molecule has 0 aromatic heterocycles. The van der Waals surface area contributed by atoms with E-state index in [2.05, 4.69) is 0 Å². The lowest BCUT2D eigenvalue weighted by Crippen LogP contribution is -2.28. The van der Waals surface area contributed by atoms with Crippen molar-refractivity contribution in [2.24, 2.45) is 17.6 Å². The molecule has 1 aliphatic carbocycles. The van der Waals surface area contributed by atoms with Crippen molar-refractivity contribution in [2.75, 3.05) is 0 Å². The minimum atomic E-state index is -0.793. The van der Waals surface area contributed by atoms with Gasteiger partial charge in [-0.3, -0.25) is 9.59 Å². The highest BCUT2D eigenvalue weighted by Gasteiger charge is 2.28.